The minimum Gasteiger partial charge on any atom is -0.497 e. The number of carbonyl (C=O) groups excluding carboxylic acids is 1. The van der Waals surface area contributed by atoms with Crippen molar-refractivity contribution in [3.8, 4) is 11.5 Å². The fourth-order valence-corrected chi connectivity index (χ4v) is 6.66. The van der Waals surface area contributed by atoms with E-state index in [0.29, 0.717) is 19.3 Å². The van der Waals surface area contributed by atoms with Crippen molar-refractivity contribution in [2.45, 2.75) is 81.8 Å². The lowest BCUT2D eigenvalue weighted by atomic mass is 9.58. The van der Waals surface area contributed by atoms with E-state index in [1.54, 1.807) is 6.92 Å². The van der Waals surface area contributed by atoms with Crippen LogP contribution < -0.4 is 9.47 Å². The van der Waals surface area contributed by atoms with Crippen LogP contribution in [0.15, 0.2) is 18.2 Å². The zero-order chi connectivity index (χ0) is 25.4. The number of aliphatic hydroxyl groups excluding tert-OH is 1. The number of carbonyl (C=O) groups is 1. The lowest BCUT2D eigenvalue weighted by molar-refractivity contribution is -0.541. The molecule has 194 valence electrons. The highest BCUT2D eigenvalue weighted by Crippen LogP contribution is 2.64. The molecule has 5 fully saturated rings. The second-order valence-electron chi connectivity index (χ2n) is 10.6. The summed E-state index contributed by atoms with van der Waals surface area (Å²) in [5.41, 5.74) is -3.40. The largest absolute Gasteiger partial charge is 0.497 e. The number of ketones is 1. The Hall–Kier alpha value is -1.85. The van der Waals surface area contributed by atoms with E-state index in [1.165, 1.54) is 39.3 Å². The highest BCUT2D eigenvalue weighted by molar-refractivity contribution is 6.04. The van der Waals surface area contributed by atoms with E-state index in [4.69, 9.17) is 28.7 Å². The van der Waals surface area contributed by atoms with Gasteiger partial charge in [0.05, 0.1) is 19.8 Å². The maximum Gasteiger partial charge on any atom is 0.337 e. The first-order valence-electron chi connectivity index (χ1n) is 12.0. The van der Waals surface area contributed by atoms with Crippen LogP contribution in [0.4, 0.5) is 8.78 Å². The summed E-state index contributed by atoms with van der Waals surface area (Å²) in [4.78, 5) is 24.8. The molecule has 1 N–H and O–H groups in total. The van der Waals surface area contributed by atoms with Gasteiger partial charge in [-0.15, -0.1) is 0 Å². The maximum absolute atomic E-state index is 15.8. The topological polar surface area (TPSA) is 92.7 Å². The number of hydrogen-bond donors (Lipinski definition) is 1. The number of halogens is 2. The summed E-state index contributed by atoms with van der Waals surface area (Å²) in [5, 5.41) is 11.2. The van der Waals surface area contributed by atoms with Gasteiger partial charge in [0.2, 0.25) is 11.6 Å². The van der Waals surface area contributed by atoms with E-state index in [-0.39, 0.29) is 23.3 Å². The molecule has 10 heteroatoms. The molecule has 5 aliphatic rings. The van der Waals surface area contributed by atoms with E-state index >= 15 is 8.78 Å². The van der Waals surface area contributed by atoms with Gasteiger partial charge in [-0.1, -0.05) is 6.92 Å². The molecule has 2 bridgehead atoms. The summed E-state index contributed by atoms with van der Waals surface area (Å²) in [6.45, 7) is 5.22. The molecular formula is C25H32F2O8. The second-order valence-corrected chi connectivity index (χ2v) is 10.6. The number of Topliss-reactive ketones (excluding diaryl/α,β-unsaturated/α-hetero) is 1. The molecule has 1 aromatic rings. The van der Waals surface area contributed by atoms with Crippen molar-refractivity contribution in [2.75, 3.05) is 14.2 Å². The van der Waals surface area contributed by atoms with Gasteiger partial charge in [0.25, 0.3) is 0 Å². The molecule has 1 aromatic carbocycles. The Morgan fingerprint density at radius 2 is 1.89 bits per heavy atom. The Morgan fingerprint density at radius 1 is 1.14 bits per heavy atom. The molecule has 4 saturated heterocycles. The lowest BCUT2D eigenvalue weighted by Crippen LogP contribution is -2.64. The molecule has 35 heavy (non-hydrogen) atoms. The van der Waals surface area contributed by atoms with Crippen molar-refractivity contribution in [2.24, 2.45) is 17.8 Å². The van der Waals surface area contributed by atoms with Crippen molar-refractivity contribution < 1.29 is 47.4 Å². The maximum atomic E-state index is 15.8. The number of methoxy groups -OCH3 is 2. The predicted octanol–water partition coefficient (Wildman–Crippen LogP) is 3.89. The molecule has 1 saturated carbocycles. The third-order valence-electron chi connectivity index (χ3n) is 8.61. The van der Waals surface area contributed by atoms with Crippen molar-refractivity contribution in [3.05, 3.63) is 23.8 Å². The number of rotatable bonds is 6. The number of aliphatic hydroxyl groups is 1. The first-order chi connectivity index (χ1) is 16.4. The lowest BCUT2D eigenvalue weighted by Gasteiger charge is -2.51. The average molecular weight is 499 g/mol. The molecule has 8 nitrogen and oxygen atoms in total. The van der Waals surface area contributed by atoms with Crippen LogP contribution in [0.1, 0.15) is 56.8 Å². The molecule has 1 aliphatic carbocycles. The van der Waals surface area contributed by atoms with Crippen LogP contribution in [0.5, 0.6) is 11.5 Å². The van der Waals surface area contributed by atoms with Gasteiger partial charge in [0, 0.05) is 12.3 Å². The number of hydrogen-bond acceptors (Lipinski definition) is 8. The van der Waals surface area contributed by atoms with Gasteiger partial charge in [0.1, 0.15) is 17.1 Å². The Balaban J connectivity index is 1.53. The van der Waals surface area contributed by atoms with Crippen LogP contribution in [-0.2, 0) is 19.2 Å². The molecule has 0 radical (unpaired) electrons. The zero-order valence-corrected chi connectivity index (χ0v) is 20.5. The van der Waals surface area contributed by atoms with Crippen LogP contribution in [0.2, 0.25) is 0 Å². The van der Waals surface area contributed by atoms with E-state index in [9.17, 15) is 9.90 Å². The molecular weight excluding hydrogens is 466 g/mol. The summed E-state index contributed by atoms with van der Waals surface area (Å²) >= 11 is 0. The van der Waals surface area contributed by atoms with E-state index in [1.807, 2.05) is 0 Å². The smallest absolute Gasteiger partial charge is 0.337 e. The van der Waals surface area contributed by atoms with E-state index in [0.717, 1.165) is 6.42 Å². The van der Waals surface area contributed by atoms with Gasteiger partial charge in [-0.2, -0.15) is 8.78 Å². The molecule has 0 aromatic heterocycles. The Bertz CT molecular complexity index is 1020. The Kier molecular flexibility index (Phi) is 5.73. The van der Waals surface area contributed by atoms with Crippen molar-refractivity contribution in [1.29, 1.82) is 0 Å². The highest BCUT2D eigenvalue weighted by atomic mass is 19.3. The molecule has 4 aliphatic heterocycles. The summed E-state index contributed by atoms with van der Waals surface area (Å²) in [5.74, 6) is -7.29. The summed E-state index contributed by atoms with van der Waals surface area (Å²) in [6.07, 6.45) is -1.05. The average Bonchev–Trinajstić information content (AvgIpc) is 2.92. The van der Waals surface area contributed by atoms with Gasteiger partial charge >= 0.3 is 5.92 Å². The van der Waals surface area contributed by atoms with Crippen molar-refractivity contribution in [1.82, 2.24) is 0 Å². The fraction of sp³-hybridized carbons (Fsp3) is 0.720. The molecule has 0 amide bonds. The molecule has 6 rings (SSSR count). The monoisotopic (exact) mass is 498 g/mol. The van der Waals surface area contributed by atoms with E-state index < -0.39 is 52.6 Å². The Morgan fingerprint density at radius 3 is 2.57 bits per heavy atom. The summed E-state index contributed by atoms with van der Waals surface area (Å²) in [7, 11) is 2.63. The van der Waals surface area contributed by atoms with Gasteiger partial charge in [-0.3, -0.25) is 4.79 Å². The van der Waals surface area contributed by atoms with Gasteiger partial charge in [0.15, 0.2) is 18.0 Å². The first kappa shape index (κ1) is 24.8. The third-order valence-corrected chi connectivity index (χ3v) is 8.61. The van der Waals surface area contributed by atoms with Crippen LogP contribution >= 0.6 is 0 Å². The quantitative estimate of drug-likeness (QED) is 0.467. The molecule has 4 heterocycles. The van der Waals surface area contributed by atoms with Gasteiger partial charge in [-0.25, -0.2) is 9.78 Å². The fourth-order valence-electron chi connectivity index (χ4n) is 6.66. The molecule has 8 atom stereocenters. The predicted molar refractivity (Wildman–Crippen MR) is 117 cm³/mol. The number of alkyl halides is 2. The normalized spacial score (nSPS) is 41.1. The number of benzene rings is 1. The van der Waals surface area contributed by atoms with Crippen LogP contribution in [0.25, 0.3) is 0 Å². The van der Waals surface area contributed by atoms with E-state index in [2.05, 4.69) is 6.92 Å². The van der Waals surface area contributed by atoms with Gasteiger partial charge in [-0.05, 0) is 63.1 Å². The van der Waals surface area contributed by atoms with Crippen LogP contribution in [0, 0.1) is 17.8 Å². The summed E-state index contributed by atoms with van der Waals surface area (Å²) in [6, 6.07) is 4.03. The van der Waals surface area contributed by atoms with Crippen LogP contribution in [-0.4, -0.2) is 60.4 Å². The summed E-state index contributed by atoms with van der Waals surface area (Å²) < 4.78 is 54.2. The second kappa shape index (κ2) is 8.08. The molecule has 1 spiro atoms. The third kappa shape index (κ3) is 3.37. The zero-order valence-electron chi connectivity index (χ0n) is 20.5. The number of ether oxygens (including phenoxy) is 4. The highest BCUT2D eigenvalue weighted by Gasteiger charge is 2.77. The number of fused-ring (bicyclic) bond motifs is 2. The molecule has 1 unspecified atom stereocenters. The minimum absolute atomic E-state index is 0.0536. The van der Waals surface area contributed by atoms with Crippen molar-refractivity contribution in [3.63, 3.8) is 0 Å². The first-order valence-corrected chi connectivity index (χ1v) is 12.0. The SMILES string of the molecule is COc1ccc(OC)c(C(=O)C(F)(F)C(O)[C@]2(C)O[C@@H]3O[C@@]4(C)CC[C@H]5[C@H](C)CC[C@@H]2[C@@]35OO4)c1. The van der Waals surface area contributed by atoms with Crippen LogP contribution in [0.3, 0.4) is 0 Å². The Labute approximate surface area is 202 Å². The minimum atomic E-state index is -4.21. The standard InChI is InChI=1S/C25H32F2O8/c1-13-6-9-18-23(3,33-21-24(18)16(13)10-11-22(2,32-21)34-35-24)20(29)25(26,27)19(28)15-12-14(30-4)7-8-17(15)31-5/h7-8,12-13,16,18,20-21,29H,6,9-11H2,1-5H3/t13-,16+,18+,20?,21+,22-,23-,24-/m1/s1. The van der Waals surface area contributed by atoms with Crippen molar-refractivity contribution >= 4 is 5.78 Å². The van der Waals surface area contributed by atoms with Gasteiger partial charge < -0.3 is 24.1 Å².